The number of nitrogens with zero attached hydrogens (tertiary/aromatic N) is 2. The first-order valence-electron chi connectivity index (χ1n) is 17.9. The fourth-order valence-corrected chi connectivity index (χ4v) is 6.45. The summed E-state index contributed by atoms with van der Waals surface area (Å²) in [6, 6.07) is 16.9. The van der Waals surface area contributed by atoms with Crippen LogP contribution in [0.15, 0.2) is 66.9 Å². The second kappa shape index (κ2) is 16.8. The molecule has 0 saturated heterocycles. The van der Waals surface area contributed by atoms with Gasteiger partial charge in [-0.25, -0.2) is 9.97 Å². The molecule has 1 aromatic heterocycles. The summed E-state index contributed by atoms with van der Waals surface area (Å²) in [5.41, 5.74) is 18.2. The SMILES string of the molecule is Cc1cc2cc(c1NC(=O)[C@H](CCN)NC(=O)c1cnc(-c3ccc(CC(C)(C)C)cc3)nc1C)-c1cccc(c1)CC(=O)NCC(=O)NC(C(N)=O)C2. The molecule has 3 aromatic carbocycles. The lowest BCUT2D eigenvalue weighted by atomic mass is 9.88. The number of anilines is 1. The van der Waals surface area contributed by atoms with E-state index in [2.05, 4.69) is 64.1 Å². The first kappa shape index (κ1) is 39.3. The van der Waals surface area contributed by atoms with E-state index in [1.165, 1.54) is 11.8 Å². The summed E-state index contributed by atoms with van der Waals surface area (Å²) in [5.74, 6) is -2.20. The average Bonchev–Trinajstić information content (AvgIpc) is 3.10. The van der Waals surface area contributed by atoms with Gasteiger partial charge in [0.2, 0.25) is 23.6 Å². The van der Waals surface area contributed by atoms with E-state index in [-0.39, 0.29) is 49.2 Å². The van der Waals surface area contributed by atoms with Crippen molar-refractivity contribution in [1.82, 2.24) is 25.9 Å². The minimum absolute atomic E-state index is 0.000817. The fraction of sp³-hybridized carbons (Fsp3) is 0.341. The van der Waals surface area contributed by atoms with Crippen LogP contribution >= 0.6 is 0 Å². The van der Waals surface area contributed by atoms with Gasteiger partial charge in [0.25, 0.3) is 5.91 Å². The summed E-state index contributed by atoms with van der Waals surface area (Å²) in [6.45, 7) is 9.91. The maximum Gasteiger partial charge on any atom is 0.255 e. The number of benzene rings is 3. The van der Waals surface area contributed by atoms with E-state index in [1.807, 2.05) is 30.3 Å². The zero-order chi connectivity index (χ0) is 39.2. The second-order valence-electron chi connectivity index (χ2n) is 14.9. The molecule has 13 heteroatoms. The Morgan fingerprint density at radius 2 is 1.70 bits per heavy atom. The van der Waals surface area contributed by atoms with E-state index in [9.17, 15) is 24.0 Å². The van der Waals surface area contributed by atoms with Gasteiger partial charge in [-0.05, 0) is 72.5 Å². The van der Waals surface area contributed by atoms with E-state index in [0.717, 1.165) is 12.0 Å². The molecule has 0 aliphatic carbocycles. The van der Waals surface area contributed by atoms with Gasteiger partial charge < -0.3 is 32.7 Å². The molecule has 282 valence electrons. The first-order chi connectivity index (χ1) is 25.6. The van der Waals surface area contributed by atoms with E-state index >= 15 is 0 Å². The molecule has 0 fully saturated rings. The molecular formula is C41H48N8O5. The van der Waals surface area contributed by atoms with Crippen LogP contribution < -0.4 is 32.7 Å². The molecule has 0 spiro atoms. The molecule has 5 rings (SSSR count). The summed E-state index contributed by atoms with van der Waals surface area (Å²) in [4.78, 5) is 74.1. The third-order valence-corrected chi connectivity index (χ3v) is 9.06. The van der Waals surface area contributed by atoms with Crippen molar-refractivity contribution in [3.63, 3.8) is 0 Å². The molecule has 0 radical (unpaired) electrons. The number of hydrogen-bond acceptors (Lipinski definition) is 8. The zero-order valence-corrected chi connectivity index (χ0v) is 31.3. The van der Waals surface area contributed by atoms with Crippen molar-refractivity contribution in [1.29, 1.82) is 0 Å². The maximum atomic E-state index is 14.0. The number of aromatic nitrogens is 2. The minimum Gasteiger partial charge on any atom is -0.368 e. The number of amides is 5. The Labute approximate surface area is 315 Å². The Morgan fingerprint density at radius 3 is 2.37 bits per heavy atom. The molecule has 1 unspecified atom stereocenters. The molecule has 2 heterocycles. The number of carbonyl (C=O) groups is 5. The van der Waals surface area contributed by atoms with Gasteiger partial charge in [0.1, 0.15) is 12.1 Å². The highest BCUT2D eigenvalue weighted by Gasteiger charge is 2.26. The second-order valence-corrected chi connectivity index (χ2v) is 14.9. The first-order valence-corrected chi connectivity index (χ1v) is 17.9. The van der Waals surface area contributed by atoms with Crippen LogP contribution in [-0.2, 0) is 38.4 Å². The number of carbonyl (C=O) groups excluding carboxylic acids is 5. The Hall–Kier alpha value is -5.95. The molecular weight excluding hydrogens is 685 g/mol. The van der Waals surface area contributed by atoms with Crippen LogP contribution in [0.2, 0.25) is 0 Å². The highest BCUT2D eigenvalue weighted by molar-refractivity contribution is 6.04. The van der Waals surface area contributed by atoms with Crippen molar-refractivity contribution in [2.45, 2.75) is 72.4 Å². The predicted molar refractivity (Wildman–Crippen MR) is 207 cm³/mol. The van der Waals surface area contributed by atoms with Gasteiger partial charge >= 0.3 is 0 Å². The van der Waals surface area contributed by atoms with Crippen LogP contribution in [0.3, 0.4) is 0 Å². The Kier molecular flexibility index (Phi) is 12.2. The summed E-state index contributed by atoms with van der Waals surface area (Å²) in [7, 11) is 0. The number of fused-ring (bicyclic) bond motifs is 5. The van der Waals surface area contributed by atoms with E-state index in [4.69, 9.17) is 11.5 Å². The molecule has 54 heavy (non-hydrogen) atoms. The van der Waals surface area contributed by atoms with Crippen molar-refractivity contribution >= 4 is 35.2 Å². The molecule has 4 bridgehead atoms. The largest absolute Gasteiger partial charge is 0.368 e. The van der Waals surface area contributed by atoms with Crippen LogP contribution in [0.4, 0.5) is 5.69 Å². The van der Waals surface area contributed by atoms with E-state index in [1.54, 1.807) is 32.0 Å². The van der Waals surface area contributed by atoms with Gasteiger partial charge in [0, 0.05) is 23.7 Å². The van der Waals surface area contributed by atoms with Crippen molar-refractivity contribution in [2.75, 3.05) is 18.4 Å². The molecule has 1 aliphatic rings. The lowest BCUT2D eigenvalue weighted by Crippen LogP contribution is -2.49. The van der Waals surface area contributed by atoms with Crippen molar-refractivity contribution in [3.05, 3.63) is 100 Å². The number of nitrogens with one attached hydrogen (secondary N) is 4. The molecule has 13 nitrogen and oxygen atoms in total. The average molecular weight is 733 g/mol. The molecule has 1 aliphatic heterocycles. The normalized spacial score (nSPS) is 15.3. The number of primary amides is 1. The summed E-state index contributed by atoms with van der Waals surface area (Å²) in [6.07, 6.45) is 2.61. The van der Waals surface area contributed by atoms with Gasteiger partial charge in [-0.15, -0.1) is 0 Å². The standard InChI is InChI=1S/C41H48N8O5/c1-23-15-27-17-30(29-8-6-7-26(16-29)19-34(50)44-22-35(51)47-33(18-27)37(43)52)36(23)49-40(54)32(13-14-42)48-39(53)31-21-45-38(46-24(31)2)28-11-9-25(10-12-28)20-41(3,4)5/h6-12,15-17,21,32-33H,13-14,18-20,22,42H2,1-5H3,(H2,43,52)(H,44,50)(H,47,51)(H,48,53)(H,49,54)/t32-,33?/m0/s1. The highest BCUT2D eigenvalue weighted by atomic mass is 16.2. The third-order valence-electron chi connectivity index (χ3n) is 9.06. The van der Waals surface area contributed by atoms with Crippen LogP contribution in [0.25, 0.3) is 22.5 Å². The van der Waals surface area contributed by atoms with Gasteiger partial charge in [-0.2, -0.15) is 0 Å². The molecule has 4 aromatic rings. The number of rotatable bonds is 9. The van der Waals surface area contributed by atoms with Crippen LogP contribution in [0.5, 0.6) is 0 Å². The fourth-order valence-electron chi connectivity index (χ4n) is 6.45. The molecule has 0 saturated carbocycles. The van der Waals surface area contributed by atoms with Gasteiger partial charge in [0.15, 0.2) is 5.82 Å². The summed E-state index contributed by atoms with van der Waals surface area (Å²) in [5, 5.41) is 11.0. The summed E-state index contributed by atoms with van der Waals surface area (Å²) >= 11 is 0. The number of aryl methyl sites for hydroxylation is 2. The topological polar surface area (TPSA) is 211 Å². The molecule has 2 atom stereocenters. The van der Waals surface area contributed by atoms with Crippen molar-refractivity contribution in [2.24, 2.45) is 16.9 Å². The molecule has 5 amide bonds. The number of nitrogens with two attached hydrogens (primary N) is 2. The lowest BCUT2D eigenvalue weighted by Gasteiger charge is -2.23. The Bertz CT molecular complexity index is 2070. The van der Waals surface area contributed by atoms with E-state index in [0.29, 0.717) is 45.0 Å². The van der Waals surface area contributed by atoms with Crippen LogP contribution in [0, 0.1) is 19.3 Å². The third kappa shape index (κ3) is 10.1. The van der Waals surface area contributed by atoms with Crippen LogP contribution in [0.1, 0.15) is 65.5 Å². The zero-order valence-electron chi connectivity index (χ0n) is 31.3. The lowest BCUT2D eigenvalue weighted by molar-refractivity contribution is -0.128. The van der Waals surface area contributed by atoms with Crippen molar-refractivity contribution in [3.8, 4) is 22.5 Å². The highest BCUT2D eigenvalue weighted by Crippen LogP contribution is 2.34. The van der Waals surface area contributed by atoms with Crippen LogP contribution in [-0.4, -0.2) is 64.7 Å². The Morgan fingerprint density at radius 1 is 0.963 bits per heavy atom. The maximum absolute atomic E-state index is 14.0. The van der Waals surface area contributed by atoms with Crippen molar-refractivity contribution < 1.29 is 24.0 Å². The quantitative estimate of drug-likeness (QED) is 0.150. The predicted octanol–water partition coefficient (Wildman–Crippen LogP) is 3.29. The van der Waals surface area contributed by atoms with E-state index < -0.39 is 35.7 Å². The number of hydrogen-bond donors (Lipinski definition) is 6. The minimum atomic E-state index is -1.04. The summed E-state index contributed by atoms with van der Waals surface area (Å²) < 4.78 is 0. The van der Waals surface area contributed by atoms with Gasteiger partial charge in [-0.3, -0.25) is 24.0 Å². The van der Waals surface area contributed by atoms with Gasteiger partial charge in [0.05, 0.1) is 29.9 Å². The van der Waals surface area contributed by atoms with Gasteiger partial charge in [-0.1, -0.05) is 75.4 Å². The monoisotopic (exact) mass is 732 g/mol. The smallest absolute Gasteiger partial charge is 0.255 e. The molecule has 8 N–H and O–H groups in total. The Balaban J connectivity index is 1.41.